The average molecular weight is 383 g/mol. The van der Waals surface area contributed by atoms with Crippen molar-refractivity contribution in [3.8, 4) is 0 Å². The van der Waals surface area contributed by atoms with Crippen molar-refractivity contribution in [3.05, 3.63) is 0 Å². The molecule has 2 aliphatic rings. The number of amides is 3. The predicted octanol–water partition coefficient (Wildman–Crippen LogP) is 0.294. The van der Waals surface area contributed by atoms with E-state index in [0.29, 0.717) is 12.8 Å². The molecule has 2 bridgehead atoms. The number of piperidine rings is 1. The second-order valence-electron chi connectivity index (χ2n) is 6.03. The second-order valence-corrected chi connectivity index (χ2v) is 9.58. The molecule has 3 amide bonds. The van der Waals surface area contributed by atoms with Gasteiger partial charge < -0.3 is 19.6 Å². The summed E-state index contributed by atoms with van der Waals surface area (Å²) in [5.74, 6) is -2.35. The highest BCUT2D eigenvalue weighted by Crippen LogP contribution is 2.45. The lowest BCUT2D eigenvalue weighted by molar-refractivity contribution is -0.459. The molecular weight excluding hydrogens is 362 g/mol. The largest absolute Gasteiger partial charge is 0.501 e. The van der Waals surface area contributed by atoms with Crippen LogP contribution in [0.15, 0.2) is 0 Å². The maximum absolute atomic E-state index is 12.4. The minimum Gasteiger partial charge on any atom is -0.324 e. The third kappa shape index (κ3) is 4.59. The minimum absolute atomic E-state index is 0.0783. The first kappa shape index (κ1) is 19.4. The molecule has 12 heteroatoms. The van der Waals surface area contributed by atoms with Crippen LogP contribution >= 0.6 is 15.2 Å². The van der Waals surface area contributed by atoms with Crippen LogP contribution in [0.4, 0.5) is 4.79 Å². The van der Waals surface area contributed by atoms with Crippen molar-refractivity contribution in [1.82, 2.24) is 4.90 Å². The van der Waals surface area contributed by atoms with E-state index in [4.69, 9.17) is 9.79 Å². The smallest absolute Gasteiger partial charge is 0.324 e. The average Bonchev–Trinajstić information content (AvgIpc) is 2.42. The number of hydrogen-bond donors (Lipinski definition) is 4. The van der Waals surface area contributed by atoms with Gasteiger partial charge in [0, 0.05) is 12.6 Å². The zero-order chi connectivity index (χ0) is 18.1. The van der Waals surface area contributed by atoms with Gasteiger partial charge in [0.2, 0.25) is 5.78 Å². The molecule has 0 aromatic heterocycles. The molecule has 2 heterocycles. The molecule has 0 spiro atoms. The quantitative estimate of drug-likeness (QED) is 0.278. The van der Waals surface area contributed by atoms with Crippen LogP contribution in [0.3, 0.4) is 0 Å². The van der Waals surface area contributed by atoms with Gasteiger partial charge in [-0.3, -0.25) is 9.13 Å². The van der Waals surface area contributed by atoms with Crippen molar-refractivity contribution in [2.45, 2.75) is 37.9 Å². The SMILES string of the molecule is O=C1C2C=[N+](C(CCCCP(=O)(O)O)P(=O)(O)O)C(=O)N1CCC2. The summed E-state index contributed by atoms with van der Waals surface area (Å²) in [4.78, 5) is 62.1. The van der Waals surface area contributed by atoms with Gasteiger partial charge in [-0.1, -0.05) is 0 Å². The maximum Gasteiger partial charge on any atom is 0.501 e. The molecule has 0 saturated carbocycles. The molecule has 1 fully saturated rings. The van der Waals surface area contributed by atoms with Crippen molar-refractivity contribution in [2.24, 2.45) is 5.92 Å². The van der Waals surface area contributed by atoms with Crippen LogP contribution in [0.1, 0.15) is 32.1 Å². The van der Waals surface area contributed by atoms with E-state index in [-0.39, 0.29) is 37.9 Å². The highest BCUT2D eigenvalue weighted by atomic mass is 31.2. The number of rotatable bonds is 7. The van der Waals surface area contributed by atoms with Crippen LogP contribution in [0.25, 0.3) is 0 Å². The Bertz CT molecular complexity index is 651. The monoisotopic (exact) mass is 383 g/mol. The zero-order valence-electron chi connectivity index (χ0n) is 12.9. The highest BCUT2D eigenvalue weighted by Gasteiger charge is 2.50. The molecule has 24 heavy (non-hydrogen) atoms. The molecule has 0 radical (unpaired) electrons. The number of nitrogens with zero attached hydrogens (tertiary/aromatic N) is 2. The first-order valence-corrected chi connectivity index (χ1v) is 11.1. The van der Waals surface area contributed by atoms with Crippen LogP contribution in [0.5, 0.6) is 0 Å². The molecule has 10 nitrogen and oxygen atoms in total. The van der Waals surface area contributed by atoms with E-state index in [0.717, 1.165) is 9.48 Å². The van der Waals surface area contributed by atoms with Crippen LogP contribution < -0.4 is 0 Å². The Hall–Kier alpha value is -0.890. The van der Waals surface area contributed by atoms with Gasteiger partial charge in [-0.25, -0.2) is 4.79 Å². The van der Waals surface area contributed by atoms with Gasteiger partial charge in [0.25, 0.3) is 0 Å². The lowest BCUT2D eigenvalue weighted by atomic mass is 9.96. The van der Waals surface area contributed by atoms with E-state index in [1.807, 2.05) is 0 Å². The summed E-state index contributed by atoms with van der Waals surface area (Å²) >= 11 is 0. The van der Waals surface area contributed by atoms with E-state index >= 15 is 0 Å². The number of carbonyl (C=O) groups excluding carboxylic acids is 2. The van der Waals surface area contributed by atoms with Gasteiger partial charge >= 0.3 is 27.1 Å². The third-order valence-corrected chi connectivity index (χ3v) is 6.33. The van der Waals surface area contributed by atoms with Crippen molar-refractivity contribution in [1.29, 1.82) is 0 Å². The minimum atomic E-state index is -4.68. The Morgan fingerprint density at radius 2 is 1.88 bits per heavy atom. The molecule has 2 atom stereocenters. The number of fused-ring (bicyclic) bond motifs is 2. The zero-order valence-corrected chi connectivity index (χ0v) is 14.7. The summed E-state index contributed by atoms with van der Waals surface area (Å²) < 4.78 is 23.5. The summed E-state index contributed by atoms with van der Waals surface area (Å²) in [6.07, 6.45) is 2.17. The van der Waals surface area contributed by atoms with Gasteiger partial charge in [-0.15, -0.1) is 0 Å². The molecule has 1 saturated heterocycles. The fraction of sp³-hybridized carbons (Fsp3) is 0.750. The molecule has 0 aliphatic carbocycles. The number of carbonyl (C=O) groups is 2. The second kappa shape index (κ2) is 7.15. The normalized spacial score (nSPS) is 23.2. The van der Waals surface area contributed by atoms with Gasteiger partial charge in [0.1, 0.15) is 5.92 Å². The molecule has 0 aromatic rings. The van der Waals surface area contributed by atoms with Crippen molar-refractivity contribution in [2.75, 3.05) is 12.7 Å². The van der Waals surface area contributed by atoms with E-state index < -0.39 is 32.9 Å². The van der Waals surface area contributed by atoms with Gasteiger partial charge in [-0.05, 0) is 25.7 Å². The van der Waals surface area contributed by atoms with Crippen LogP contribution in [-0.4, -0.2) is 65.7 Å². The van der Waals surface area contributed by atoms with Crippen LogP contribution in [0.2, 0.25) is 0 Å². The summed E-state index contributed by atoms with van der Waals surface area (Å²) in [5.41, 5.74) is 0. The van der Waals surface area contributed by atoms with E-state index in [2.05, 4.69) is 0 Å². The maximum atomic E-state index is 12.4. The van der Waals surface area contributed by atoms with Crippen molar-refractivity contribution in [3.63, 3.8) is 0 Å². The Morgan fingerprint density at radius 3 is 2.46 bits per heavy atom. The van der Waals surface area contributed by atoms with Gasteiger partial charge in [-0.2, -0.15) is 14.3 Å². The van der Waals surface area contributed by atoms with Crippen molar-refractivity contribution >= 4 is 33.3 Å². The summed E-state index contributed by atoms with van der Waals surface area (Å²) in [5, 5.41) is 0. The number of unbranched alkanes of at least 4 members (excludes halogenated alkanes) is 1. The lowest BCUT2D eigenvalue weighted by Crippen LogP contribution is -2.56. The van der Waals surface area contributed by atoms with E-state index in [1.165, 1.54) is 6.21 Å². The summed E-state index contributed by atoms with van der Waals surface area (Å²) in [6, 6.07) is -0.751. The fourth-order valence-corrected chi connectivity index (χ4v) is 4.62. The van der Waals surface area contributed by atoms with Crippen molar-refractivity contribution < 1.29 is 42.9 Å². The number of urea groups is 1. The molecule has 4 N–H and O–H groups in total. The number of hydrogen-bond acceptors (Lipinski definition) is 4. The fourth-order valence-electron chi connectivity index (χ4n) is 2.97. The molecule has 136 valence electrons. The summed E-state index contributed by atoms with van der Waals surface area (Å²) in [6.45, 7) is 0.227. The Balaban J connectivity index is 2.16. The first-order chi connectivity index (χ1) is 11.0. The van der Waals surface area contributed by atoms with Crippen LogP contribution in [0, 0.1) is 5.92 Å². The summed E-state index contributed by atoms with van der Waals surface area (Å²) in [7, 11) is -8.85. The molecule has 2 unspecified atom stereocenters. The molecule has 2 rings (SSSR count). The molecular formula is C12H21N2O8P2+. The highest BCUT2D eigenvalue weighted by molar-refractivity contribution is 7.52. The van der Waals surface area contributed by atoms with E-state index in [1.54, 1.807) is 0 Å². The predicted molar refractivity (Wildman–Crippen MR) is 82.8 cm³/mol. The lowest BCUT2D eigenvalue weighted by Gasteiger charge is -2.30. The van der Waals surface area contributed by atoms with Gasteiger partial charge in [0.15, 0.2) is 0 Å². The Labute approximate surface area is 138 Å². The standard InChI is InChI=1S/C12H20N2O8P2/c15-11-9-4-3-6-13(11)12(16)14(8-9)10(24(20,21)22)5-1-2-7-23(17,18)19/h8-10H,1-7H2,(H3-,17,18,19,20,21,22)/p+1. The first-order valence-electron chi connectivity index (χ1n) is 7.59. The Kier molecular flexibility index (Phi) is 5.79. The van der Waals surface area contributed by atoms with Gasteiger partial charge in [0.05, 0.1) is 12.8 Å². The third-order valence-electron chi connectivity index (χ3n) is 4.14. The molecule has 2 aliphatic heterocycles. The molecule has 0 aromatic carbocycles. The van der Waals surface area contributed by atoms with E-state index in [9.17, 15) is 28.5 Å². The topological polar surface area (TPSA) is 155 Å². The number of imide groups is 1. The Morgan fingerprint density at radius 1 is 1.21 bits per heavy atom. The van der Waals surface area contributed by atoms with Crippen LogP contribution in [-0.2, 0) is 13.9 Å².